The molecule has 120 valence electrons. The summed E-state index contributed by atoms with van der Waals surface area (Å²) in [6.07, 6.45) is 0. The highest BCUT2D eigenvalue weighted by atomic mass is 16.5. The van der Waals surface area contributed by atoms with Gasteiger partial charge in [0.15, 0.2) is 0 Å². The average Bonchev–Trinajstić information content (AvgIpc) is 2.61. The summed E-state index contributed by atoms with van der Waals surface area (Å²) in [6, 6.07) is 18.3. The molecule has 0 amide bonds. The van der Waals surface area contributed by atoms with Crippen molar-refractivity contribution in [2.24, 2.45) is 0 Å². The summed E-state index contributed by atoms with van der Waals surface area (Å²) >= 11 is 0. The van der Waals surface area contributed by atoms with Gasteiger partial charge in [0.2, 0.25) is 5.91 Å². The predicted octanol–water partition coefficient (Wildman–Crippen LogP) is 3.25. The van der Waals surface area contributed by atoms with E-state index in [0.29, 0.717) is 11.4 Å². The molecule has 0 aliphatic heterocycles. The highest BCUT2D eigenvalue weighted by Crippen LogP contribution is 2.24. The van der Waals surface area contributed by atoms with Crippen LogP contribution in [0.5, 0.6) is 5.75 Å². The fourth-order valence-corrected chi connectivity index (χ4v) is 2.52. The Kier molecular flexibility index (Phi) is 4.24. The Morgan fingerprint density at radius 3 is 2.25 bits per heavy atom. The second kappa shape index (κ2) is 6.50. The average molecular weight is 320 g/mol. The summed E-state index contributed by atoms with van der Waals surface area (Å²) in [4.78, 5) is 28.3. The van der Waals surface area contributed by atoms with Gasteiger partial charge in [0.05, 0.1) is 18.5 Å². The van der Waals surface area contributed by atoms with E-state index in [1.807, 2.05) is 42.5 Å². The van der Waals surface area contributed by atoms with Gasteiger partial charge < -0.3 is 4.74 Å². The van der Waals surface area contributed by atoms with Crippen molar-refractivity contribution in [3.63, 3.8) is 0 Å². The van der Waals surface area contributed by atoms with Gasteiger partial charge in [-0.1, -0.05) is 30.3 Å². The summed E-state index contributed by atoms with van der Waals surface area (Å²) in [7, 11) is 1.59. The fraction of sp³-hybridized carbons (Fsp3) is 0.105. The zero-order valence-corrected chi connectivity index (χ0v) is 13.4. The Bertz CT molecular complexity index is 929. The molecular weight excluding hydrogens is 304 g/mol. The van der Waals surface area contributed by atoms with Crippen molar-refractivity contribution in [3.05, 3.63) is 71.1 Å². The first-order valence-electron chi connectivity index (χ1n) is 7.45. The molecule has 0 N–H and O–H groups in total. The molecule has 1 heterocycles. The third-order valence-electron chi connectivity index (χ3n) is 3.69. The van der Waals surface area contributed by atoms with Gasteiger partial charge in [0, 0.05) is 12.5 Å². The number of rotatable bonds is 3. The summed E-state index contributed by atoms with van der Waals surface area (Å²) in [5.74, 6) is 0.353. The lowest BCUT2D eigenvalue weighted by atomic mass is 10.1. The monoisotopic (exact) mass is 320 g/mol. The lowest BCUT2D eigenvalue weighted by molar-refractivity contribution is 0.0933. The summed E-state index contributed by atoms with van der Waals surface area (Å²) in [5.41, 5.74) is 2.00. The largest absolute Gasteiger partial charge is 0.497 e. The predicted molar refractivity (Wildman–Crippen MR) is 92.2 cm³/mol. The number of hydrogen-bond donors (Lipinski definition) is 0. The van der Waals surface area contributed by atoms with Gasteiger partial charge in [-0.3, -0.25) is 4.79 Å². The SMILES string of the molecule is COc1ccc(-c2cc(-c3ccccc3)n(C(C)=O)c(=O)n2)cc1. The van der Waals surface area contributed by atoms with Crippen molar-refractivity contribution in [2.75, 3.05) is 7.11 Å². The van der Waals surface area contributed by atoms with E-state index in [1.54, 1.807) is 25.3 Å². The van der Waals surface area contributed by atoms with Crippen LogP contribution in [0.25, 0.3) is 22.5 Å². The van der Waals surface area contributed by atoms with Gasteiger partial charge in [-0.2, -0.15) is 4.98 Å². The minimum absolute atomic E-state index is 0.368. The Balaban J connectivity index is 2.21. The summed E-state index contributed by atoms with van der Waals surface area (Å²) in [6.45, 7) is 1.35. The molecule has 0 aliphatic rings. The zero-order chi connectivity index (χ0) is 17.1. The standard InChI is InChI=1S/C19H16N2O3/c1-13(22)21-18(15-6-4-3-5-7-15)12-17(20-19(21)23)14-8-10-16(24-2)11-9-14/h3-12H,1-2H3. The van der Waals surface area contributed by atoms with Crippen LogP contribution in [0.3, 0.4) is 0 Å². The lowest BCUT2D eigenvalue weighted by Gasteiger charge is -2.11. The fourth-order valence-electron chi connectivity index (χ4n) is 2.52. The molecular formula is C19H16N2O3. The summed E-state index contributed by atoms with van der Waals surface area (Å²) < 4.78 is 6.23. The zero-order valence-electron chi connectivity index (χ0n) is 13.4. The van der Waals surface area contributed by atoms with E-state index in [1.165, 1.54) is 6.92 Å². The number of aromatic nitrogens is 2. The van der Waals surface area contributed by atoms with Crippen molar-refractivity contribution < 1.29 is 9.53 Å². The molecule has 1 aromatic heterocycles. The minimum atomic E-state index is -0.588. The van der Waals surface area contributed by atoms with Crippen LogP contribution in [0.4, 0.5) is 0 Å². The lowest BCUT2D eigenvalue weighted by Crippen LogP contribution is -2.29. The molecule has 0 aliphatic carbocycles. The highest BCUT2D eigenvalue weighted by Gasteiger charge is 2.14. The van der Waals surface area contributed by atoms with Crippen molar-refractivity contribution in [1.82, 2.24) is 9.55 Å². The Morgan fingerprint density at radius 1 is 1.00 bits per heavy atom. The molecule has 0 saturated heterocycles. The summed E-state index contributed by atoms with van der Waals surface area (Å²) in [5, 5.41) is 0. The minimum Gasteiger partial charge on any atom is -0.497 e. The molecule has 0 unspecified atom stereocenters. The van der Waals surface area contributed by atoms with Gasteiger partial charge >= 0.3 is 5.69 Å². The molecule has 3 aromatic rings. The molecule has 0 fully saturated rings. The van der Waals surface area contributed by atoms with E-state index >= 15 is 0 Å². The van der Waals surface area contributed by atoms with Crippen LogP contribution in [0.15, 0.2) is 65.5 Å². The number of carbonyl (C=O) groups excluding carboxylic acids is 1. The molecule has 0 atom stereocenters. The van der Waals surface area contributed by atoms with Gasteiger partial charge in [-0.05, 0) is 35.9 Å². The molecule has 0 saturated carbocycles. The van der Waals surface area contributed by atoms with E-state index < -0.39 is 5.69 Å². The van der Waals surface area contributed by atoms with Gasteiger partial charge in [-0.15, -0.1) is 0 Å². The third kappa shape index (κ3) is 2.96. The van der Waals surface area contributed by atoms with Gasteiger partial charge in [0.1, 0.15) is 5.75 Å². The second-order valence-electron chi connectivity index (χ2n) is 5.26. The Morgan fingerprint density at radius 2 is 1.67 bits per heavy atom. The Hall–Kier alpha value is -3.21. The molecule has 0 spiro atoms. The molecule has 24 heavy (non-hydrogen) atoms. The van der Waals surface area contributed by atoms with Gasteiger partial charge in [0.25, 0.3) is 0 Å². The normalized spacial score (nSPS) is 10.4. The second-order valence-corrected chi connectivity index (χ2v) is 5.26. The maximum absolute atomic E-state index is 12.4. The van der Waals surface area contributed by atoms with Crippen LogP contribution in [-0.4, -0.2) is 22.6 Å². The van der Waals surface area contributed by atoms with E-state index in [9.17, 15) is 9.59 Å². The topological polar surface area (TPSA) is 61.2 Å². The number of benzene rings is 2. The van der Waals surface area contributed by atoms with Crippen molar-refractivity contribution in [2.45, 2.75) is 6.92 Å². The smallest absolute Gasteiger partial charge is 0.355 e. The molecule has 3 rings (SSSR count). The number of ether oxygens (including phenoxy) is 1. The Labute approximate surface area is 139 Å². The van der Waals surface area contributed by atoms with Crippen LogP contribution in [0, 0.1) is 0 Å². The van der Waals surface area contributed by atoms with Gasteiger partial charge in [-0.25, -0.2) is 9.36 Å². The number of nitrogens with zero attached hydrogens (tertiary/aromatic N) is 2. The van der Waals surface area contributed by atoms with E-state index in [0.717, 1.165) is 21.4 Å². The van der Waals surface area contributed by atoms with E-state index in [4.69, 9.17) is 4.74 Å². The maximum atomic E-state index is 12.4. The quantitative estimate of drug-likeness (QED) is 0.743. The van der Waals surface area contributed by atoms with Crippen molar-refractivity contribution in [3.8, 4) is 28.3 Å². The first-order valence-corrected chi connectivity index (χ1v) is 7.45. The van der Waals surface area contributed by atoms with Crippen LogP contribution >= 0.6 is 0 Å². The first-order chi connectivity index (χ1) is 11.6. The van der Waals surface area contributed by atoms with Crippen LogP contribution in [0.2, 0.25) is 0 Å². The molecule has 5 nitrogen and oxygen atoms in total. The number of hydrogen-bond acceptors (Lipinski definition) is 4. The molecule has 0 bridgehead atoms. The van der Waals surface area contributed by atoms with Crippen LogP contribution in [0.1, 0.15) is 11.7 Å². The maximum Gasteiger partial charge on any atom is 0.355 e. The molecule has 5 heteroatoms. The van der Waals surface area contributed by atoms with E-state index in [-0.39, 0.29) is 5.91 Å². The van der Waals surface area contributed by atoms with Crippen LogP contribution < -0.4 is 10.4 Å². The number of methoxy groups -OCH3 is 1. The van der Waals surface area contributed by atoms with Crippen molar-refractivity contribution in [1.29, 1.82) is 0 Å². The van der Waals surface area contributed by atoms with Crippen LogP contribution in [-0.2, 0) is 0 Å². The van der Waals surface area contributed by atoms with E-state index in [2.05, 4.69) is 4.98 Å². The highest BCUT2D eigenvalue weighted by molar-refractivity contribution is 5.83. The molecule has 2 aromatic carbocycles. The third-order valence-corrected chi connectivity index (χ3v) is 3.69. The molecule has 0 radical (unpaired) electrons. The van der Waals surface area contributed by atoms with Crippen molar-refractivity contribution >= 4 is 5.91 Å². The number of carbonyl (C=O) groups is 1. The first kappa shape index (κ1) is 15.7.